The summed E-state index contributed by atoms with van der Waals surface area (Å²) in [6.45, 7) is -0.1000. The summed E-state index contributed by atoms with van der Waals surface area (Å²) in [7, 11) is 0. The lowest BCUT2D eigenvalue weighted by atomic mass is 10.1. The normalized spacial score (nSPS) is 13.7. The first-order valence-electron chi connectivity index (χ1n) is 5.95. The lowest BCUT2D eigenvalue weighted by Gasteiger charge is -2.11. The quantitative estimate of drug-likeness (QED) is 0.860. The van der Waals surface area contributed by atoms with Gasteiger partial charge in [0.1, 0.15) is 5.76 Å². The molecule has 2 amide bonds. The standard InChI is InChI=1S/C14H8BrNO5/c15-7-1-3-9-10(5-7)13(18)16(12(9)17)6-8-2-4-11(21-8)14(19)20/h1-5H,6H2,(H,19,20). The number of carbonyl (C=O) groups excluding carboxylic acids is 2. The monoisotopic (exact) mass is 349 g/mol. The third-order valence-electron chi connectivity index (χ3n) is 3.12. The van der Waals surface area contributed by atoms with Crippen molar-refractivity contribution in [2.75, 3.05) is 0 Å². The maximum Gasteiger partial charge on any atom is 0.371 e. The lowest BCUT2D eigenvalue weighted by Crippen LogP contribution is -2.28. The Bertz CT molecular complexity index is 779. The van der Waals surface area contributed by atoms with E-state index in [1.807, 2.05) is 0 Å². The average Bonchev–Trinajstić information content (AvgIpc) is 2.99. The van der Waals surface area contributed by atoms with E-state index in [0.717, 1.165) is 4.90 Å². The number of furan rings is 1. The second-order valence-electron chi connectivity index (χ2n) is 4.46. The fraction of sp³-hybridized carbons (Fsp3) is 0.0714. The topological polar surface area (TPSA) is 87.8 Å². The van der Waals surface area contributed by atoms with Crippen LogP contribution >= 0.6 is 15.9 Å². The van der Waals surface area contributed by atoms with Crippen molar-refractivity contribution in [1.82, 2.24) is 4.90 Å². The summed E-state index contributed by atoms with van der Waals surface area (Å²) in [5.41, 5.74) is 0.646. The van der Waals surface area contributed by atoms with Crippen LogP contribution in [-0.4, -0.2) is 27.8 Å². The molecule has 0 saturated heterocycles. The Hall–Kier alpha value is -2.41. The first-order chi connectivity index (χ1) is 9.97. The van der Waals surface area contributed by atoms with Gasteiger partial charge in [0.2, 0.25) is 5.76 Å². The van der Waals surface area contributed by atoms with Crippen molar-refractivity contribution in [3.8, 4) is 0 Å². The van der Waals surface area contributed by atoms with Gasteiger partial charge in [0.15, 0.2) is 0 Å². The molecular formula is C14H8BrNO5. The Morgan fingerprint density at radius 2 is 1.86 bits per heavy atom. The zero-order valence-corrected chi connectivity index (χ0v) is 12.1. The summed E-state index contributed by atoms with van der Waals surface area (Å²) in [5.74, 6) is -2.04. The van der Waals surface area contributed by atoms with Gasteiger partial charge in [0, 0.05) is 4.47 Å². The SMILES string of the molecule is O=C(O)c1ccc(CN2C(=O)c3ccc(Br)cc3C2=O)o1. The summed E-state index contributed by atoms with van der Waals surface area (Å²) < 4.78 is 5.78. The Morgan fingerprint density at radius 1 is 1.14 bits per heavy atom. The first kappa shape index (κ1) is 13.6. The minimum atomic E-state index is -1.20. The zero-order valence-electron chi connectivity index (χ0n) is 10.5. The fourth-order valence-corrected chi connectivity index (χ4v) is 2.50. The molecule has 1 aromatic carbocycles. The Kier molecular flexibility index (Phi) is 3.13. The van der Waals surface area contributed by atoms with E-state index < -0.39 is 17.8 Å². The number of carboxylic acids is 1. The van der Waals surface area contributed by atoms with Crippen LogP contribution in [0.3, 0.4) is 0 Å². The molecule has 7 heteroatoms. The molecular weight excluding hydrogens is 342 g/mol. The highest BCUT2D eigenvalue weighted by Crippen LogP contribution is 2.27. The minimum Gasteiger partial charge on any atom is -0.475 e. The number of hydrogen-bond acceptors (Lipinski definition) is 4. The second-order valence-corrected chi connectivity index (χ2v) is 5.37. The van der Waals surface area contributed by atoms with E-state index in [1.54, 1.807) is 18.2 Å². The summed E-state index contributed by atoms with van der Waals surface area (Å²) in [6, 6.07) is 7.56. The van der Waals surface area contributed by atoms with Crippen LogP contribution in [-0.2, 0) is 6.54 Å². The molecule has 6 nitrogen and oxygen atoms in total. The van der Waals surface area contributed by atoms with Crippen molar-refractivity contribution in [3.63, 3.8) is 0 Å². The van der Waals surface area contributed by atoms with Crippen LogP contribution in [0.1, 0.15) is 37.0 Å². The van der Waals surface area contributed by atoms with E-state index in [-0.39, 0.29) is 18.1 Å². The molecule has 0 radical (unpaired) electrons. The molecule has 0 unspecified atom stereocenters. The highest BCUT2D eigenvalue weighted by atomic mass is 79.9. The number of carbonyl (C=O) groups is 3. The number of fused-ring (bicyclic) bond motifs is 1. The van der Waals surface area contributed by atoms with Gasteiger partial charge in [-0.05, 0) is 30.3 Å². The van der Waals surface area contributed by atoms with Gasteiger partial charge in [-0.3, -0.25) is 14.5 Å². The number of aromatic carboxylic acids is 1. The maximum absolute atomic E-state index is 12.2. The van der Waals surface area contributed by atoms with Crippen LogP contribution in [0.4, 0.5) is 0 Å². The third-order valence-corrected chi connectivity index (χ3v) is 3.61. The molecule has 3 rings (SSSR count). The number of halogens is 1. The molecule has 0 spiro atoms. The fourth-order valence-electron chi connectivity index (χ4n) is 2.14. The molecule has 1 aromatic heterocycles. The Balaban J connectivity index is 1.89. The number of hydrogen-bond donors (Lipinski definition) is 1. The number of benzene rings is 1. The Labute approximate surface area is 127 Å². The summed E-state index contributed by atoms with van der Waals surface area (Å²) in [6.07, 6.45) is 0. The summed E-state index contributed by atoms with van der Waals surface area (Å²) in [5, 5.41) is 8.79. The van der Waals surface area contributed by atoms with Crippen molar-refractivity contribution in [3.05, 3.63) is 57.5 Å². The van der Waals surface area contributed by atoms with Crippen molar-refractivity contribution in [1.29, 1.82) is 0 Å². The van der Waals surface area contributed by atoms with E-state index >= 15 is 0 Å². The van der Waals surface area contributed by atoms with Crippen molar-refractivity contribution in [2.45, 2.75) is 6.54 Å². The van der Waals surface area contributed by atoms with Gasteiger partial charge < -0.3 is 9.52 Å². The Morgan fingerprint density at radius 3 is 2.52 bits per heavy atom. The smallest absolute Gasteiger partial charge is 0.371 e. The highest BCUT2D eigenvalue weighted by Gasteiger charge is 2.36. The van der Waals surface area contributed by atoms with E-state index in [2.05, 4.69) is 15.9 Å². The number of nitrogens with zero attached hydrogens (tertiary/aromatic N) is 1. The van der Waals surface area contributed by atoms with Gasteiger partial charge in [0.05, 0.1) is 17.7 Å². The molecule has 2 aromatic rings. The first-order valence-corrected chi connectivity index (χ1v) is 6.74. The highest BCUT2D eigenvalue weighted by molar-refractivity contribution is 9.10. The van der Waals surface area contributed by atoms with Crippen molar-refractivity contribution >= 4 is 33.7 Å². The number of rotatable bonds is 3. The van der Waals surface area contributed by atoms with E-state index in [4.69, 9.17) is 9.52 Å². The molecule has 0 fully saturated rings. The molecule has 1 aliphatic heterocycles. The van der Waals surface area contributed by atoms with Crippen LogP contribution in [0.2, 0.25) is 0 Å². The van der Waals surface area contributed by atoms with Crippen LogP contribution in [0.5, 0.6) is 0 Å². The van der Waals surface area contributed by atoms with Gasteiger partial charge in [0.25, 0.3) is 11.8 Å². The molecule has 106 valence electrons. The van der Waals surface area contributed by atoms with Gasteiger partial charge in [-0.15, -0.1) is 0 Å². The van der Waals surface area contributed by atoms with Gasteiger partial charge in [-0.2, -0.15) is 0 Å². The molecule has 1 N–H and O–H groups in total. The molecule has 0 atom stereocenters. The molecule has 0 bridgehead atoms. The average molecular weight is 350 g/mol. The maximum atomic E-state index is 12.2. The summed E-state index contributed by atoms with van der Waals surface area (Å²) in [4.78, 5) is 36.2. The van der Waals surface area contributed by atoms with E-state index in [9.17, 15) is 14.4 Å². The van der Waals surface area contributed by atoms with Gasteiger partial charge >= 0.3 is 5.97 Å². The van der Waals surface area contributed by atoms with Crippen LogP contribution in [0, 0.1) is 0 Å². The molecule has 2 heterocycles. The van der Waals surface area contributed by atoms with Crippen molar-refractivity contribution < 1.29 is 23.9 Å². The molecule has 21 heavy (non-hydrogen) atoms. The third kappa shape index (κ3) is 2.25. The number of carboxylic acid groups (broad SMARTS) is 1. The summed E-state index contributed by atoms with van der Waals surface area (Å²) >= 11 is 3.25. The predicted octanol–water partition coefficient (Wildman–Crippen LogP) is 2.54. The van der Waals surface area contributed by atoms with Gasteiger partial charge in [-0.25, -0.2) is 4.79 Å². The molecule has 1 aliphatic rings. The minimum absolute atomic E-state index is 0.1000. The lowest BCUT2D eigenvalue weighted by molar-refractivity contribution is 0.0628. The zero-order chi connectivity index (χ0) is 15.1. The second kappa shape index (κ2) is 4.85. The van der Waals surface area contributed by atoms with Crippen LogP contribution in [0.25, 0.3) is 0 Å². The molecule has 0 aliphatic carbocycles. The van der Waals surface area contributed by atoms with Crippen molar-refractivity contribution in [2.24, 2.45) is 0 Å². The number of amides is 2. The van der Waals surface area contributed by atoms with E-state index in [1.165, 1.54) is 12.1 Å². The number of imide groups is 1. The van der Waals surface area contributed by atoms with Gasteiger partial charge in [-0.1, -0.05) is 15.9 Å². The van der Waals surface area contributed by atoms with Crippen LogP contribution < -0.4 is 0 Å². The largest absolute Gasteiger partial charge is 0.475 e. The molecule has 0 saturated carbocycles. The van der Waals surface area contributed by atoms with Crippen LogP contribution in [0.15, 0.2) is 39.2 Å². The predicted molar refractivity (Wildman–Crippen MR) is 74.0 cm³/mol. The van der Waals surface area contributed by atoms with E-state index in [0.29, 0.717) is 15.6 Å².